The molecule has 0 saturated carbocycles. The Morgan fingerprint density at radius 1 is 0.405 bits per heavy atom. The molecule has 0 saturated heterocycles. The Bertz CT molecular complexity index is 1610. The van der Waals surface area contributed by atoms with Crippen LogP contribution in [0, 0.1) is 0 Å². The van der Waals surface area contributed by atoms with Crippen molar-refractivity contribution >= 4 is 25.7 Å². The van der Waals surface area contributed by atoms with Crippen molar-refractivity contribution in [2.24, 2.45) is 0 Å². The maximum absolute atomic E-state index is 12.9. The number of unbranched alkanes of at least 4 members (excludes halogenated alkanes) is 21. The number of esters is 3. The predicted molar refractivity (Wildman–Crippen MR) is 307 cm³/mol. The van der Waals surface area contributed by atoms with E-state index in [-0.39, 0.29) is 19.3 Å². The number of rotatable bonds is 53. The van der Waals surface area contributed by atoms with Crippen molar-refractivity contribution in [1.29, 1.82) is 0 Å². The van der Waals surface area contributed by atoms with Crippen LogP contribution in [0.2, 0.25) is 0 Å². The largest absolute Gasteiger partial charge is 0.472 e. The number of phosphoric acid groups is 1. The van der Waals surface area contributed by atoms with Crippen LogP contribution < -0.4 is 0 Å². The number of aliphatic hydroxyl groups excluding tert-OH is 1. The minimum Gasteiger partial charge on any atom is -0.461 e. The fraction of sp³-hybridized carbons (Fsp3) is 0.694. The molecule has 0 aliphatic carbocycles. The molecule has 0 aliphatic heterocycles. The predicted octanol–water partition coefficient (Wildman–Crippen LogP) is 17.3. The molecule has 0 heterocycles. The van der Waals surface area contributed by atoms with Crippen LogP contribution >= 0.6 is 7.82 Å². The first kappa shape index (κ1) is 70.4. The minimum atomic E-state index is -4.77. The fourth-order valence-corrected chi connectivity index (χ4v) is 8.40. The molecule has 0 fully saturated rings. The van der Waals surface area contributed by atoms with E-state index in [9.17, 15) is 28.9 Å². The number of aliphatic hydroxyl groups is 1. The maximum atomic E-state index is 12.9. The van der Waals surface area contributed by atoms with Gasteiger partial charge in [-0.2, -0.15) is 0 Å². The molecule has 3 unspecified atom stereocenters. The molecular formula is C62H105O11P. The normalized spacial score (nSPS) is 14.1. The van der Waals surface area contributed by atoms with Crippen molar-refractivity contribution in [2.75, 3.05) is 26.4 Å². The topological polar surface area (TPSA) is 155 Å². The van der Waals surface area contributed by atoms with Gasteiger partial charge in [0.05, 0.1) is 26.2 Å². The van der Waals surface area contributed by atoms with E-state index in [1.54, 1.807) is 6.08 Å². The zero-order valence-electron chi connectivity index (χ0n) is 46.8. The Morgan fingerprint density at radius 3 is 1.18 bits per heavy atom. The Hall–Kier alpha value is -3.60. The number of carbonyl (C=O) groups is 3. The molecule has 0 aromatic carbocycles. The first-order chi connectivity index (χ1) is 36.2. The SMILES string of the molecule is CC/C=C\C/C=C\C/C=C\C/C=C\C/C=C\CC(=O)OCC(COP(=O)(O)OCC(CO)OC(=O)CCCCCCCCCCCCCCC)OC(=O)CCCCCCCC/C=C\C/C=C\C/C=C\CCCCC. The quantitative estimate of drug-likeness (QED) is 0.0197. The number of carbonyl (C=O) groups excluding carboxylic acids is 3. The summed E-state index contributed by atoms with van der Waals surface area (Å²) in [7, 11) is -4.77. The molecule has 0 bridgehead atoms. The molecule has 0 aromatic heterocycles. The van der Waals surface area contributed by atoms with Gasteiger partial charge in [-0.05, 0) is 83.5 Å². The summed E-state index contributed by atoms with van der Waals surface area (Å²) in [5, 5.41) is 9.81. The van der Waals surface area contributed by atoms with E-state index in [0.717, 1.165) is 96.3 Å². The van der Waals surface area contributed by atoms with Gasteiger partial charge in [-0.3, -0.25) is 23.4 Å². The Balaban J connectivity index is 4.85. The van der Waals surface area contributed by atoms with Crippen molar-refractivity contribution in [3.05, 3.63) is 97.2 Å². The summed E-state index contributed by atoms with van der Waals surface area (Å²) < 4.78 is 39.4. The molecule has 2 N–H and O–H groups in total. The minimum absolute atomic E-state index is 0.0116. The van der Waals surface area contributed by atoms with Gasteiger partial charge in [0.2, 0.25) is 0 Å². The highest BCUT2D eigenvalue weighted by molar-refractivity contribution is 7.47. The molecule has 3 atom stereocenters. The van der Waals surface area contributed by atoms with Gasteiger partial charge in [0.15, 0.2) is 6.10 Å². The second-order valence-electron chi connectivity index (χ2n) is 19.1. The van der Waals surface area contributed by atoms with Crippen LogP contribution in [0.25, 0.3) is 0 Å². The summed E-state index contributed by atoms with van der Waals surface area (Å²) in [6.07, 6.45) is 65.3. The third-order valence-electron chi connectivity index (χ3n) is 12.0. The highest BCUT2D eigenvalue weighted by atomic mass is 31.2. The molecular weight excluding hydrogens is 952 g/mol. The molecule has 0 radical (unpaired) electrons. The standard InChI is InChI=1S/C62H105O11P/c1-4-7-10-13-16-19-22-25-27-28-29-30-32-35-38-41-44-47-50-53-62(66)73-59(55-69-60(64)51-48-45-42-39-36-34-31-26-23-20-17-14-11-8-5-2)57-71-74(67,68)70-56-58(54-63)72-61(65)52-49-46-43-40-37-33-24-21-18-15-12-9-6-3/h8,11,16-17,19-20,25-27,29-31,36,39,45,48,58-59,63H,4-7,9-10,12-15,18,21-24,28,32-35,37-38,40-44,46-47,49-57H2,1-3H3,(H,67,68)/b11-8-,19-16-,20-17-,27-25-,30-29-,31-26-,39-36-,48-45-. The summed E-state index contributed by atoms with van der Waals surface area (Å²) in [5.41, 5.74) is 0. The molecule has 424 valence electrons. The summed E-state index contributed by atoms with van der Waals surface area (Å²) in [6, 6.07) is 0. The molecule has 0 rings (SSSR count). The number of hydrogen-bond acceptors (Lipinski definition) is 10. The van der Waals surface area contributed by atoms with E-state index in [0.29, 0.717) is 19.3 Å². The second-order valence-corrected chi connectivity index (χ2v) is 20.5. The lowest BCUT2D eigenvalue weighted by Gasteiger charge is -2.21. The first-order valence-electron chi connectivity index (χ1n) is 29.1. The number of ether oxygens (including phenoxy) is 3. The van der Waals surface area contributed by atoms with Crippen LogP contribution in [0.5, 0.6) is 0 Å². The zero-order chi connectivity index (χ0) is 54.1. The molecule has 74 heavy (non-hydrogen) atoms. The van der Waals surface area contributed by atoms with Gasteiger partial charge >= 0.3 is 25.7 Å². The van der Waals surface area contributed by atoms with Crippen LogP contribution in [0.1, 0.15) is 239 Å². The van der Waals surface area contributed by atoms with Crippen LogP contribution in [0.4, 0.5) is 0 Å². The highest BCUT2D eigenvalue weighted by Crippen LogP contribution is 2.43. The summed E-state index contributed by atoms with van der Waals surface area (Å²) in [6.45, 7) is 4.38. The maximum Gasteiger partial charge on any atom is 0.472 e. The van der Waals surface area contributed by atoms with E-state index < -0.39 is 64.4 Å². The summed E-state index contributed by atoms with van der Waals surface area (Å²) >= 11 is 0. The molecule has 0 aromatic rings. The monoisotopic (exact) mass is 1060 g/mol. The highest BCUT2D eigenvalue weighted by Gasteiger charge is 2.28. The van der Waals surface area contributed by atoms with Crippen molar-refractivity contribution < 1.29 is 52.2 Å². The average Bonchev–Trinajstić information content (AvgIpc) is 3.39. The zero-order valence-corrected chi connectivity index (χ0v) is 47.7. The number of allylic oxidation sites excluding steroid dienone is 15. The lowest BCUT2D eigenvalue weighted by atomic mass is 10.0. The third kappa shape index (κ3) is 53.2. The fourth-order valence-electron chi connectivity index (χ4n) is 7.61. The average molecular weight is 1060 g/mol. The van der Waals surface area contributed by atoms with Gasteiger partial charge in [0.1, 0.15) is 12.7 Å². The smallest absolute Gasteiger partial charge is 0.461 e. The Labute approximate surface area is 451 Å². The van der Waals surface area contributed by atoms with Crippen LogP contribution in [-0.2, 0) is 42.2 Å². The first-order valence-corrected chi connectivity index (χ1v) is 30.6. The van der Waals surface area contributed by atoms with Gasteiger partial charge in [-0.15, -0.1) is 0 Å². The van der Waals surface area contributed by atoms with Crippen LogP contribution in [0.3, 0.4) is 0 Å². The van der Waals surface area contributed by atoms with E-state index in [1.165, 1.54) is 83.5 Å². The van der Waals surface area contributed by atoms with Gasteiger partial charge < -0.3 is 24.2 Å². The molecule has 0 spiro atoms. The van der Waals surface area contributed by atoms with Gasteiger partial charge in [-0.1, -0.05) is 234 Å². The van der Waals surface area contributed by atoms with E-state index in [4.69, 9.17) is 23.3 Å². The molecule has 11 nitrogen and oxygen atoms in total. The summed E-state index contributed by atoms with van der Waals surface area (Å²) in [4.78, 5) is 48.5. The van der Waals surface area contributed by atoms with Crippen molar-refractivity contribution in [2.45, 2.75) is 251 Å². The molecule has 0 aliphatic rings. The van der Waals surface area contributed by atoms with Gasteiger partial charge in [-0.25, -0.2) is 4.57 Å². The Kier molecular flexibility index (Phi) is 52.9. The van der Waals surface area contributed by atoms with Gasteiger partial charge in [0.25, 0.3) is 0 Å². The lowest BCUT2D eigenvalue weighted by molar-refractivity contribution is -0.161. The second kappa shape index (κ2) is 55.6. The number of hydrogen-bond donors (Lipinski definition) is 2. The van der Waals surface area contributed by atoms with Crippen molar-refractivity contribution in [1.82, 2.24) is 0 Å². The van der Waals surface area contributed by atoms with E-state index >= 15 is 0 Å². The van der Waals surface area contributed by atoms with Crippen molar-refractivity contribution in [3.8, 4) is 0 Å². The third-order valence-corrected chi connectivity index (χ3v) is 13.0. The molecule has 0 amide bonds. The summed E-state index contributed by atoms with van der Waals surface area (Å²) in [5.74, 6) is -1.63. The van der Waals surface area contributed by atoms with E-state index in [2.05, 4.69) is 99.8 Å². The van der Waals surface area contributed by atoms with Gasteiger partial charge in [0, 0.05) is 12.8 Å². The Morgan fingerprint density at radius 2 is 0.743 bits per heavy atom. The van der Waals surface area contributed by atoms with E-state index in [1.807, 2.05) is 12.2 Å². The van der Waals surface area contributed by atoms with Crippen LogP contribution in [0.15, 0.2) is 97.2 Å². The van der Waals surface area contributed by atoms with Crippen molar-refractivity contribution in [3.63, 3.8) is 0 Å². The lowest BCUT2D eigenvalue weighted by Crippen LogP contribution is -2.30. The number of phosphoric ester groups is 1. The van der Waals surface area contributed by atoms with Crippen LogP contribution in [-0.4, -0.2) is 66.5 Å². The molecule has 12 heteroatoms.